The molecule has 0 saturated carbocycles. The zero-order valence-corrected chi connectivity index (χ0v) is 16.1. The molecule has 2 aromatic rings. The molecule has 1 saturated heterocycles. The molecule has 1 aromatic heterocycles. The van der Waals surface area contributed by atoms with E-state index in [2.05, 4.69) is 9.97 Å². The maximum absolute atomic E-state index is 12.8. The molecule has 1 aromatic carbocycles. The molecular formula is C17H16F3N3O3S2. The molecule has 0 radical (unpaired) electrons. The molecule has 0 spiro atoms. The van der Waals surface area contributed by atoms with Gasteiger partial charge in [0.1, 0.15) is 5.69 Å². The fourth-order valence-electron chi connectivity index (χ4n) is 2.89. The SMILES string of the molecule is O=C(CSc1nccc(C(F)(F)F)n1)N(c1ccccc1)C1CCS(=O)(=O)C1. The second kappa shape index (κ2) is 8.08. The Morgan fingerprint density at radius 2 is 1.93 bits per heavy atom. The van der Waals surface area contributed by atoms with Gasteiger partial charge in [0.2, 0.25) is 5.91 Å². The summed E-state index contributed by atoms with van der Waals surface area (Å²) in [6.45, 7) is 0. The van der Waals surface area contributed by atoms with Gasteiger partial charge in [-0.2, -0.15) is 13.2 Å². The highest BCUT2D eigenvalue weighted by atomic mass is 32.2. The second-order valence-electron chi connectivity index (χ2n) is 6.17. The molecule has 1 aliphatic heterocycles. The average molecular weight is 431 g/mol. The van der Waals surface area contributed by atoms with Gasteiger partial charge in [0.15, 0.2) is 15.0 Å². The predicted octanol–water partition coefficient (Wildman–Crippen LogP) is 2.81. The Hall–Kier alpha value is -2.14. The highest BCUT2D eigenvalue weighted by Gasteiger charge is 2.36. The van der Waals surface area contributed by atoms with Crippen molar-refractivity contribution in [2.75, 3.05) is 22.2 Å². The maximum atomic E-state index is 12.8. The number of nitrogens with zero attached hydrogens (tertiary/aromatic N) is 3. The Morgan fingerprint density at radius 3 is 2.54 bits per heavy atom. The van der Waals surface area contributed by atoms with Crippen molar-refractivity contribution in [2.45, 2.75) is 23.8 Å². The van der Waals surface area contributed by atoms with Crippen LogP contribution in [0.3, 0.4) is 0 Å². The minimum atomic E-state index is -4.60. The third-order valence-corrected chi connectivity index (χ3v) is 6.72. The van der Waals surface area contributed by atoms with Crippen LogP contribution in [-0.4, -0.2) is 47.6 Å². The Balaban J connectivity index is 1.77. The van der Waals surface area contributed by atoms with Crippen molar-refractivity contribution < 1.29 is 26.4 Å². The molecule has 1 atom stereocenters. The Morgan fingerprint density at radius 1 is 1.21 bits per heavy atom. The lowest BCUT2D eigenvalue weighted by Gasteiger charge is -2.28. The molecule has 1 amide bonds. The second-order valence-corrected chi connectivity index (χ2v) is 9.34. The molecule has 0 bridgehead atoms. The van der Waals surface area contributed by atoms with Crippen molar-refractivity contribution in [3.8, 4) is 0 Å². The number of halogens is 3. The number of para-hydroxylation sites is 1. The summed E-state index contributed by atoms with van der Waals surface area (Å²) in [6.07, 6.45) is -3.30. The molecule has 2 heterocycles. The van der Waals surface area contributed by atoms with Crippen molar-refractivity contribution in [3.63, 3.8) is 0 Å². The standard InChI is InChI=1S/C17H16F3N3O3S2/c18-17(19,20)14-6-8-21-16(22-14)27-10-15(24)23(12-4-2-1-3-5-12)13-7-9-28(25,26)11-13/h1-6,8,13H,7,9-11H2. The minimum absolute atomic E-state index is 0.00182. The number of hydrogen-bond donors (Lipinski definition) is 0. The van der Waals surface area contributed by atoms with Gasteiger partial charge in [0.05, 0.1) is 23.3 Å². The number of thioether (sulfide) groups is 1. The molecule has 3 rings (SSSR count). The summed E-state index contributed by atoms with van der Waals surface area (Å²) in [4.78, 5) is 21.4. The maximum Gasteiger partial charge on any atom is 0.433 e. The van der Waals surface area contributed by atoms with E-state index in [1.165, 1.54) is 4.90 Å². The third-order valence-electron chi connectivity index (χ3n) is 4.13. The van der Waals surface area contributed by atoms with Gasteiger partial charge in [-0.1, -0.05) is 30.0 Å². The molecule has 6 nitrogen and oxygen atoms in total. The van der Waals surface area contributed by atoms with E-state index >= 15 is 0 Å². The summed E-state index contributed by atoms with van der Waals surface area (Å²) < 4.78 is 62.0. The lowest BCUT2D eigenvalue weighted by atomic mass is 10.2. The van der Waals surface area contributed by atoms with Crippen LogP contribution in [0.2, 0.25) is 0 Å². The van der Waals surface area contributed by atoms with Crippen LogP contribution in [0.25, 0.3) is 0 Å². The zero-order chi connectivity index (χ0) is 20.4. The molecule has 28 heavy (non-hydrogen) atoms. The number of rotatable bonds is 5. The smallest absolute Gasteiger partial charge is 0.308 e. The molecule has 0 N–H and O–H groups in total. The van der Waals surface area contributed by atoms with E-state index in [9.17, 15) is 26.4 Å². The van der Waals surface area contributed by atoms with Gasteiger partial charge in [-0.15, -0.1) is 0 Å². The van der Waals surface area contributed by atoms with E-state index in [-0.39, 0.29) is 22.4 Å². The average Bonchev–Trinajstić information content (AvgIpc) is 3.00. The number of benzene rings is 1. The molecule has 150 valence electrons. The van der Waals surface area contributed by atoms with Gasteiger partial charge in [0.25, 0.3) is 0 Å². The highest BCUT2D eigenvalue weighted by molar-refractivity contribution is 7.99. The van der Waals surface area contributed by atoms with Crippen LogP contribution in [0, 0.1) is 0 Å². The topological polar surface area (TPSA) is 80.2 Å². The summed E-state index contributed by atoms with van der Waals surface area (Å²) in [5.74, 6) is -0.775. The van der Waals surface area contributed by atoms with Gasteiger partial charge >= 0.3 is 6.18 Å². The first-order valence-electron chi connectivity index (χ1n) is 8.26. The van der Waals surface area contributed by atoms with Crippen LogP contribution in [-0.2, 0) is 20.8 Å². The third kappa shape index (κ3) is 5.02. The zero-order valence-electron chi connectivity index (χ0n) is 14.5. The highest BCUT2D eigenvalue weighted by Crippen LogP contribution is 2.29. The van der Waals surface area contributed by atoms with E-state index in [4.69, 9.17) is 0 Å². The van der Waals surface area contributed by atoms with Crippen molar-refractivity contribution >= 4 is 33.2 Å². The summed E-state index contributed by atoms with van der Waals surface area (Å²) in [5, 5.41) is -0.171. The van der Waals surface area contributed by atoms with Gasteiger partial charge in [-0.25, -0.2) is 18.4 Å². The van der Waals surface area contributed by atoms with Crippen molar-refractivity contribution in [2.24, 2.45) is 0 Å². The summed E-state index contributed by atoms with van der Waals surface area (Å²) >= 11 is 0.778. The molecule has 0 aliphatic carbocycles. The number of carbonyl (C=O) groups is 1. The fourth-order valence-corrected chi connectivity index (χ4v) is 5.28. The van der Waals surface area contributed by atoms with Gasteiger partial charge in [-0.05, 0) is 24.6 Å². The molecule has 1 unspecified atom stereocenters. The van der Waals surface area contributed by atoms with Crippen LogP contribution in [0.15, 0.2) is 47.8 Å². The monoisotopic (exact) mass is 431 g/mol. The molecule has 1 fully saturated rings. The van der Waals surface area contributed by atoms with Crippen LogP contribution in [0.1, 0.15) is 12.1 Å². The normalized spacial score (nSPS) is 18.8. The quantitative estimate of drug-likeness (QED) is 0.535. The van der Waals surface area contributed by atoms with Gasteiger partial charge in [-0.3, -0.25) is 4.79 Å². The predicted molar refractivity (Wildman–Crippen MR) is 98.7 cm³/mol. The van der Waals surface area contributed by atoms with Crippen molar-refractivity contribution in [1.29, 1.82) is 0 Å². The van der Waals surface area contributed by atoms with Gasteiger partial charge < -0.3 is 4.90 Å². The number of alkyl halides is 3. The lowest BCUT2D eigenvalue weighted by Crippen LogP contribution is -2.42. The Labute approximate surface area is 164 Å². The number of hydrogen-bond acceptors (Lipinski definition) is 6. The summed E-state index contributed by atoms with van der Waals surface area (Å²) in [6, 6.07) is 8.84. The Kier molecular flexibility index (Phi) is 5.94. The van der Waals surface area contributed by atoms with E-state index in [1.54, 1.807) is 30.3 Å². The summed E-state index contributed by atoms with van der Waals surface area (Å²) in [7, 11) is -3.22. The van der Waals surface area contributed by atoms with E-state index in [0.717, 1.165) is 24.0 Å². The molecule has 1 aliphatic rings. The molecule has 11 heteroatoms. The van der Waals surface area contributed by atoms with E-state index in [1.807, 2.05) is 0 Å². The van der Waals surface area contributed by atoms with Crippen LogP contribution in [0.4, 0.5) is 18.9 Å². The summed E-state index contributed by atoms with van der Waals surface area (Å²) in [5.41, 5.74) is -0.542. The van der Waals surface area contributed by atoms with Crippen LogP contribution < -0.4 is 4.90 Å². The first kappa shape index (κ1) is 20.6. The number of sulfone groups is 1. The number of anilines is 1. The molecular weight excluding hydrogens is 415 g/mol. The van der Waals surface area contributed by atoms with E-state index in [0.29, 0.717) is 12.1 Å². The van der Waals surface area contributed by atoms with Crippen LogP contribution in [0.5, 0.6) is 0 Å². The first-order chi connectivity index (χ1) is 13.2. The fraction of sp³-hybridized carbons (Fsp3) is 0.353. The van der Waals surface area contributed by atoms with E-state index < -0.39 is 33.7 Å². The van der Waals surface area contributed by atoms with Crippen LogP contribution >= 0.6 is 11.8 Å². The number of carbonyl (C=O) groups excluding carboxylic acids is 1. The Bertz CT molecular complexity index is 953. The lowest BCUT2D eigenvalue weighted by molar-refractivity contribution is -0.141. The van der Waals surface area contributed by atoms with Gasteiger partial charge in [0, 0.05) is 11.9 Å². The minimum Gasteiger partial charge on any atom is -0.308 e. The number of amides is 1. The first-order valence-corrected chi connectivity index (χ1v) is 11.1. The van der Waals surface area contributed by atoms with Crippen molar-refractivity contribution in [1.82, 2.24) is 9.97 Å². The van der Waals surface area contributed by atoms with Crippen molar-refractivity contribution in [3.05, 3.63) is 48.3 Å². The largest absolute Gasteiger partial charge is 0.433 e. The number of aromatic nitrogens is 2.